The lowest BCUT2D eigenvalue weighted by molar-refractivity contribution is -0.106. The molecule has 0 aromatic carbocycles. The van der Waals surface area contributed by atoms with Crippen LogP contribution in [0.15, 0.2) is 21.9 Å². The van der Waals surface area contributed by atoms with Gasteiger partial charge in [0, 0.05) is 12.3 Å². The summed E-state index contributed by atoms with van der Waals surface area (Å²) in [5.74, 6) is 0. The zero-order valence-corrected chi connectivity index (χ0v) is 5.40. The van der Waals surface area contributed by atoms with Gasteiger partial charge in [-0.05, 0) is 0 Å². The molecule has 0 unspecified atom stereocenters. The number of nitrogens with one attached hydrogen (secondary N) is 2. The highest BCUT2D eigenvalue weighted by molar-refractivity contribution is 5.56. The third-order valence-electron chi connectivity index (χ3n) is 1.04. The van der Waals surface area contributed by atoms with Crippen LogP contribution in [0.1, 0.15) is 0 Å². The molecule has 0 saturated carbocycles. The number of carbonyl (C=O) groups excluding carboxylic acids is 1. The van der Waals surface area contributed by atoms with Crippen molar-refractivity contribution in [2.75, 3.05) is 5.43 Å². The summed E-state index contributed by atoms with van der Waals surface area (Å²) in [5.41, 5.74) is 0.665. The van der Waals surface area contributed by atoms with Crippen LogP contribution >= 0.6 is 0 Å². The molecule has 6 nitrogen and oxygen atoms in total. The Hall–Kier alpha value is -1.85. The highest BCUT2D eigenvalue weighted by Gasteiger charge is 1.95. The lowest BCUT2D eigenvalue weighted by atomic mass is 10.7. The van der Waals surface area contributed by atoms with Gasteiger partial charge in [-0.2, -0.15) is 4.68 Å². The van der Waals surface area contributed by atoms with Crippen LogP contribution in [0.4, 0.5) is 0 Å². The van der Waals surface area contributed by atoms with Crippen LogP contribution < -0.4 is 16.7 Å². The molecule has 6 heteroatoms. The molecule has 2 N–H and O–H groups in total. The number of nitrogens with zero attached hydrogens (tertiary/aromatic N) is 1. The second-order valence-corrected chi connectivity index (χ2v) is 1.70. The highest BCUT2D eigenvalue weighted by Crippen LogP contribution is 1.59. The average Bonchev–Trinajstić information content (AvgIpc) is 1.97. The largest absolute Gasteiger partial charge is 0.347 e. The van der Waals surface area contributed by atoms with Crippen LogP contribution in [0.2, 0.25) is 0 Å². The summed E-state index contributed by atoms with van der Waals surface area (Å²) in [6.07, 6.45) is 1.45. The van der Waals surface area contributed by atoms with E-state index in [2.05, 4.69) is 4.98 Å². The average molecular weight is 155 g/mol. The molecule has 11 heavy (non-hydrogen) atoms. The SMILES string of the molecule is O=CNn1c(=O)cc[nH]c1=O. The third kappa shape index (κ3) is 1.34. The number of amides is 1. The Morgan fingerprint density at radius 2 is 2.27 bits per heavy atom. The third-order valence-corrected chi connectivity index (χ3v) is 1.04. The summed E-state index contributed by atoms with van der Waals surface area (Å²) in [6, 6.07) is 1.12. The van der Waals surface area contributed by atoms with Crippen molar-refractivity contribution in [2.24, 2.45) is 0 Å². The Balaban J connectivity index is 3.32. The number of hydrogen-bond donors (Lipinski definition) is 2. The Morgan fingerprint density at radius 1 is 1.55 bits per heavy atom. The van der Waals surface area contributed by atoms with E-state index in [1.54, 1.807) is 0 Å². The topological polar surface area (TPSA) is 84.0 Å². The van der Waals surface area contributed by atoms with Gasteiger partial charge in [-0.15, -0.1) is 0 Å². The molecular weight excluding hydrogens is 150 g/mol. The lowest BCUT2D eigenvalue weighted by Gasteiger charge is -1.97. The Morgan fingerprint density at radius 3 is 2.82 bits per heavy atom. The van der Waals surface area contributed by atoms with Gasteiger partial charge in [-0.25, -0.2) is 4.79 Å². The molecule has 0 radical (unpaired) electrons. The van der Waals surface area contributed by atoms with E-state index in [1.165, 1.54) is 6.20 Å². The van der Waals surface area contributed by atoms with E-state index in [9.17, 15) is 14.4 Å². The molecule has 0 fully saturated rings. The molecule has 0 atom stereocenters. The molecule has 58 valence electrons. The predicted molar refractivity (Wildman–Crippen MR) is 36.7 cm³/mol. The Labute approximate surface area is 60.5 Å². The number of hydrogen-bond acceptors (Lipinski definition) is 3. The number of carbonyl (C=O) groups is 1. The van der Waals surface area contributed by atoms with Gasteiger partial charge in [-0.3, -0.25) is 15.0 Å². The Kier molecular flexibility index (Phi) is 1.86. The monoisotopic (exact) mass is 155 g/mol. The van der Waals surface area contributed by atoms with Crippen LogP contribution in [0, 0.1) is 0 Å². The summed E-state index contributed by atoms with van der Waals surface area (Å²) in [5, 5.41) is 0. The summed E-state index contributed by atoms with van der Waals surface area (Å²) >= 11 is 0. The standard InChI is InChI=1S/C5H5N3O3/c9-3-7-8-4(10)1-2-6-5(8)11/h1-3H,(H,6,11)(H,7,9). The minimum Gasteiger partial charge on any atom is -0.312 e. The molecule has 1 rings (SSSR count). The first-order valence-corrected chi connectivity index (χ1v) is 2.76. The van der Waals surface area contributed by atoms with Crippen molar-refractivity contribution in [1.29, 1.82) is 0 Å². The van der Waals surface area contributed by atoms with Gasteiger partial charge in [0.15, 0.2) is 0 Å². The van der Waals surface area contributed by atoms with Crippen molar-refractivity contribution in [3.8, 4) is 0 Å². The molecule has 0 aliphatic rings. The highest BCUT2D eigenvalue weighted by atomic mass is 16.2. The Bertz CT molecular complexity index is 335. The van der Waals surface area contributed by atoms with Crippen molar-refractivity contribution >= 4 is 6.41 Å². The van der Waals surface area contributed by atoms with Gasteiger partial charge in [0.1, 0.15) is 0 Å². The molecule has 0 saturated heterocycles. The number of aromatic amines is 1. The second kappa shape index (κ2) is 2.82. The normalized spacial score (nSPS) is 9.09. The maximum Gasteiger partial charge on any atom is 0.347 e. The second-order valence-electron chi connectivity index (χ2n) is 1.70. The van der Waals surface area contributed by atoms with Gasteiger partial charge >= 0.3 is 5.69 Å². The van der Waals surface area contributed by atoms with Gasteiger partial charge in [-0.1, -0.05) is 0 Å². The molecule has 0 bridgehead atoms. The zero-order chi connectivity index (χ0) is 8.27. The van der Waals surface area contributed by atoms with E-state index < -0.39 is 11.2 Å². The summed E-state index contributed by atoms with van der Waals surface area (Å²) in [7, 11) is 0. The molecule has 1 heterocycles. The van der Waals surface area contributed by atoms with E-state index in [4.69, 9.17) is 0 Å². The van der Waals surface area contributed by atoms with E-state index in [0.717, 1.165) is 6.07 Å². The fourth-order valence-corrected chi connectivity index (χ4v) is 0.598. The molecule has 1 amide bonds. The minimum absolute atomic E-state index is 0.247. The first kappa shape index (κ1) is 7.26. The van der Waals surface area contributed by atoms with Crippen molar-refractivity contribution in [3.05, 3.63) is 33.1 Å². The number of rotatable bonds is 2. The van der Waals surface area contributed by atoms with Gasteiger partial charge in [0.25, 0.3) is 5.56 Å². The summed E-state index contributed by atoms with van der Waals surface area (Å²) in [6.45, 7) is 0. The van der Waals surface area contributed by atoms with Gasteiger partial charge < -0.3 is 4.98 Å². The van der Waals surface area contributed by atoms with Gasteiger partial charge in [0.05, 0.1) is 0 Å². The van der Waals surface area contributed by atoms with E-state index in [1.807, 2.05) is 5.43 Å². The van der Waals surface area contributed by atoms with Crippen LogP contribution in [-0.4, -0.2) is 16.1 Å². The zero-order valence-electron chi connectivity index (χ0n) is 5.40. The molecule has 1 aromatic heterocycles. The van der Waals surface area contributed by atoms with Crippen LogP contribution in [0.3, 0.4) is 0 Å². The van der Waals surface area contributed by atoms with Gasteiger partial charge in [0.2, 0.25) is 6.41 Å². The van der Waals surface area contributed by atoms with Crippen molar-refractivity contribution in [1.82, 2.24) is 9.66 Å². The quantitative estimate of drug-likeness (QED) is 0.496. The summed E-state index contributed by atoms with van der Waals surface area (Å²) in [4.78, 5) is 33.5. The molecule has 0 aliphatic heterocycles. The van der Waals surface area contributed by atoms with E-state index >= 15 is 0 Å². The maximum absolute atomic E-state index is 10.8. The molecule has 1 aromatic rings. The fraction of sp³-hybridized carbons (Fsp3) is 0. The van der Waals surface area contributed by atoms with Crippen LogP contribution in [-0.2, 0) is 4.79 Å². The smallest absolute Gasteiger partial charge is 0.312 e. The minimum atomic E-state index is -0.676. The van der Waals surface area contributed by atoms with Crippen LogP contribution in [0.25, 0.3) is 0 Å². The van der Waals surface area contributed by atoms with Crippen molar-refractivity contribution in [3.63, 3.8) is 0 Å². The lowest BCUT2D eigenvalue weighted by Crippen LogP contribution is -2.39. The molecule has 0 aliphatic carbocycles. The van der Waals surface area contributed by atoms with Crippen molar-refractivity contribution in [2.45, 2.75) is 0 Å². The first-order valence-electron chi connectivity index (χ1n) is 2.76. The molecule has 0 spiro atoms. The van der Waals surface area contributed by atoms with E-state index in [0.29, 0.717) is 4.68 Å². The van der Waals surface area contributed by atoms with Crippen molar-refractivity contribution < 1.29 is 4.79 Å². The maximum atomic E-state index is 10.8. The first-order chi connectivity index (χ1) is 5.25. The fourth-order valence-electron chi connectivity index (χ4n) is 0.598. The van der Waals surface area contributed by atoms with E-state index in [-0.39, 0.29) is 6.41 Å². The number of H-pyrrole nitrogens is 1. The summed E-state index contributed by atoms with van der Waals surface area (Å²) < 4.78 is 0.562. The molecular formula is C5H5N3O3. The van der Waals surface area contributed by atoms with Crippen LogP contribution in [0.5, 0.6) is 0 Å². The number of aromatic nitrogens is 2. The predicted octanol–water partition coefficient (Wildman–Crippen LogP) is -1.76.